The lowest BCUT2D eigenvalue weighted by atomic mass is 10.3. The number of sulfonamides is 1. The van der Waals surface area contributed by atoms with E-state index in [1.54, 1.807) is 13.0 Å². The van der Waals surface area contributed by atoms with E-state index in [9.17, 15) is 18.0 Å². The Morgan fingerprint density at radius 3 is 2.52 bits per heavy atom. The third kappa shape index (κ3) is 5.01. The maximum atomic E-state index is 12.4. The molecule has 0 radical (unpaired) electrons. The normalized spacial score (nSPS) is 14.1. The molecule has 1 saturated carbocycles. The van der Waals surface area contributed by atoms with Crippen LogP contribution in [0.5, 0.6) is 0 Å². The van der Waals surface area contributed by atoms with E-state index in [4.69, 9.17) is 0 Å². The summed E-state index contributed by atoms with van der Waals surface area (Å²) in [6, 6.07) is 9.12. The summed E-state index contributed by atoms with van der Waals surface area (Å²) in [5.74, 6) is 0.273. The van der Waals surface area contributed by atoms with Crippen LogP contribution in [0.1, 0.15) is 37.8 Å². The standard InChI is InChI=1S/C18H22N4O4S/c1-2-17(23)20-14-5-7-15(8-6-14)27(25,26)19-11-12-22-18(24)10-9-16(21-22)13-3-4-13/h5-10,13,19H,2-4,11-12H2,1H3,(H,20,23). The van der Waals surface area contributed by atoms with Crippen LogP contribution in [-0.2, 0) is 21.4 Å². The minimum Gasteiger partial charge on any atom is -0.326 e. The van der Waals surface area contributed by atoms with Crippen LogP contribution >= 0.6 is 0 Å². The highest BCUT2D eigenvalue weighted by Crippen LogP contribution is 2.38. The van der Waals surface area contributed by atoms with Gasteiger partial charge >= 0.3 is 0 Å². The van der Waals surface area contributed by atoms with Crippen molar-refractivity contribution in [3.63, 3.8) is 0 Å². The van der Waals surface area contributed by atoms with Crippen LogP contribution < -0.4 is 15.6 Å². The predicted molar refractivity (Wildman–Crippen MR) is 101 cm³/mol. The van der Waals surface area contributed by atoms with E-state index in [-0.39, 0.29) is 29.5 Å². The fourth-order valence-electron chi connectivity index (χ4n) is 2.56. The summed E-state index contributed by atoms with van der Waals surface area (Å²) in [5.41, 5.74) is 1.16. The summed E-state index contributed by atoms with van der Waals surface area (Å²) in [6.45, 7) is 1.94. The smallest absolute Gasteiger partial charge is 0.266 e. The van der Waals surface area contributed by atoms with Crippen molar-refractivity contribution in [2.24, 2.45) is 0 Å². The number of anilines is 1. The number of hydrogen-bond donors (Lipinski definition) is 2. The summed E-state index contributed by atoms with van der Waals surface area (Å²) in [7, 11) is -3.71. The second kappa shape index (κ2) is 8.01. The van der Waals surface area contributed by atoms with Crippen molar-refractivity contribution in [2.75, 3.05) is 11.9 Å². The summed E-state index contributed by atoms with van der Waals surface area (Å²) in [4.78, 5) is 23.3. The van der Waals surface area contributed by atoms with Gasteiger partial charge in [0.1, 0.15) is 0 Å². The van der Waals surface area contributed by atoms with E-state index in [1.165, 1.54) is 35.0 Å². The molecule has 0 unspecified atom stereocenters. The Hall–Kier alpha value is -2.52. The summed E-state index contributed by atoms with van der Waals surface area (Å²) >= 11 is 0. The lowest BCUT2D eigenvalue weighted by molar-refractivity contribution is -0.115. The third-order valence-electron chi connectivity index (χ3n) is 4.27. The van der Waals surface area contributed by atoms with Gasteiger partial charge in [0.15, 0.2) is 0 Å². The monoisotopic (exact) mass is 390 g/mol. The Morgan fingerprint density at radius 2 is 1.89 bits per heavy atom. The molecule has 1 amide bonds. The molecule has 8 nitrogen and oxygen atoms in total. The molecule has 0 bridgehead atoms. The first kappa shape index (κ1) is 19.2. The van der Waals surface area contributed by atoms with Gasteiger partial charge in [0.2, 0.25) is 15.9 Å². The molecule has 1 aliphatic carbocycles. The molecule has 3 rings (SSSR count). The first-order valence-corrected chi connectivity index (χ1v) is 10.3. The van der Waals surface area contributed by atoms with Crippen LogP contribution in [0.4, 0.5) is 5.69 Å². The summed E-state index contributed by atoms with van der Waals surface area (Å²) in [5, 5.41) is 6.96. The second-order valence-electron chi connectivity index (χ2n) is 6.42. The second-order valence-corrected chi connectivity index (χ2v) is 8.18. The highest BCUT2D eigenvalue weighted by atomic mass is 32.2. The zero-order chi connectivity index (χ0) is 19.4. The molecule has 27 heavy (non-hydrogen) atoms. The molecule has 0 spiro atoms. The molecule has 0 atom stereocenters. The Balaban J connectivity index is 1.61. The summed E-state index contributed by atoms with van der Waals surface area (Å²) < 4.78 is 28.5. The average Bonchev–Trinajstić information content (AvgIpc) is 3.48. The van der Waals surface area contributed by atoms with Gasteiger partial charge in [-0.05, 0) is 43.2 Å². The third-order valence-corrected chi connectivity index (χ3v) is 5.74. The van der Waals surface area contributed by atoms with E-state index < -0.39 is 10.0 Å². The van der Waals surface area contributed by atoms with Crippen molar-refractivity contribution in [3.8, 4) is 0 Å². The highest BCUT2D eigenvalue weighted by Gasteiger charge is 2.25. The zero-order valence-corrected chi connectivity index (χ0v) is 15.8. The van der Waals surface area contributed by atoms with Crippen LogP contribution in [0.25, 0.3) is 0 Å². The van der Waals surface area contributed by atoms with E-state index in [0.29, 0.717) is 18.0 Å². The molecule has 1 heterocycles. The molecular formula is C18H22N4O4S. The zero-order valence-electron chi connectivity index (χ0n) is 15.0. The number of aromatic nitrogens is 2. The van der Waals surface area contributed by atoms with E-state index in [2.05, 4.69) is 15.1 Å². The van der Waals surface area contributed by atoms with E-state index in [0.717, 1.165) is 18.5 Å². The topological polar surface area (TPSA) is 110 Å². The molecular weight excluding hydrogens is 368 g/mol. The molecule has 1 aromatic carbocycles. The fourth-order valence-corrected chi connectivity index (χ4v) is 3.58. The minimum atomic E-state index is -3.71. The molecule has 1 fully saturated rings. The number of nitrogens with one attached hydrogen (secondary N) is 2. The predicted octanol–water partition coefficient (Wildman–Crippen LogP) is 1.45. The first-order chi connectivity index (χ1) is 12.9. The molecule has 1 aromatic heterocycles. The van der Waals surface area contributed by atoms with Gasteiger partial charge in [0.25, 0.3) is 5.56 Å². The van der Waals surface area contributed by atoms with Gasteiger partial charge in [-0.1, -0.05) is 6.92 Å². The van der Waals surface area contributed by atoms with E-state index in [1.807, 2.05) is 0 Å². The van der Waals surface area contributed by atoms with Crippen LogP contribution in [0.3, 0.4) is 0 Å². The van der Waals surface area contributed by atoms with Gasteiger partial charge in [0, 0.05) is 30.6 Å². The molecule has 1 aliphatic rings. The maximum Gasteiger partial charge on any atom is 0.266 e. The maximum absolute atomic E-state index is 12.4. The quantitative estimate of drug-likeness (QED) is 0.709. The van der Waals surface area contributed by atoms with Gasteiger partial charge in [0.05, 0.1) is 17.1 Å². The Bertz CT molecular complexity index is 979. The number of benzene rings is 1. The lowest BCUT2D eigenvalue weighted by Crippen LogP contribution is -2.32. The number of carbonyl (C=O) groups is 1. The van der Waals surface area contributed by atoms with Gasteiger partial charge < -0.3 is 5.32 Å². The number of rotatable bonds is 8. The average molecular weight is 390 g/mol. The number of amides is 1. The highest BCUT2D eigenvalue weighted by molar-refractivity contribution is 7.89. The Labute approximate surface area is 157 Å². The number of nitrogens with zero attached hydrogens (tertiary/aromatic N) is 2. The molecule has 9 heteroatoms. The van der Waals surface area contributed by atoms with Crippen LogP contribution in [-0.4, -0.2) is 30.7 Å². The largest absolute Gasteiger partial charge is 0.326 e. The van der Waals surface area contributed by atoms with Gasteiger partial charge in [-0.25, -0.2) is 17.8 Å². The SMILES string of the molecule is CCC(=O)Nc1ccc(S(=O)(=O)NCCn2nc(C3CC3)ccc2=O)cc1. The van der Waals surface area contributed by atoms with Crippen molar-refractivity contribution in [1.29, 1.82) is 0 Å². The first-order valence-electron chi connectivity index (χ1n) is 8.86. The van der Waals surface area contributed by atoms with E-state index >= 15 is 0 Å². The van der Waals surface area contributed by atoms with Gasteiger partial charge in [-0.15, -0.1) is 0 Å². The molecule has 144 valence electrons. The van der Waals surface area contributed by atoms with Crippen molar-refractivity contribution in [2.45, 2.75) is 43.5 Å². The van der Waals surface area contributed by atoms with Gasteiger partial charge in [-0.2, -0.15) is 5.10 Å². The molecule has 2 aromatic rings. The minimum absolute atomic E-state index is 0.0533. The molecule has 0 aliphatic heterocycles. The van der Waals surface area contributed by atoms with Crippen LogP contribution in [0.15, 0.2) is 46.1 Å². The Kier molecular flexibility index (Phi) is 5.71. The fraction of sp³-hybridized carbons (Fsp3) is 0.389. The van der Waals surface area contributed by atoms with Crippen LogP contribution in [0, 0.1) is 0 Å². The number of carbonyl (C=O) groups excluding carboxylic acids is 1. The lowest BCUT2D eigenvalue weighted by Gasteiger charge is -2.10. The van der Waals surface area contributed by atoms with Crippen LogP contribution in [0.2, 0.25) is 0 Å². The molecule has 0 saturated heterocycles. The van der Waals surface area contributed by atoms with Crippen molar-refractivity contribution >= 4 is 21.6 Å². The summed E-state index contributed by atoms with van der Waals surface area (Å²) in [6.07, 6.45) is 2.50. The van der Waals surface area contributed by atoms with Crippen molar-refractivity contribution < 1.29 is 13.2 Å². The van der Waals surface area contributed by atoms with Gasteiger partial charge in [-0.3, -0.25) is 9.59 Å². The van der Waals surface area contributed by atoms with Crippen molar-refractivity contribution in [1.82, 2.24) is 14.5 Å². The van der Waals surface area contributed by atoms with Crippen molar-refractivity contribution in [3.05, 3.63) is 52.4 Å². The number of hydrogen-bond acceptors (Lipinski definition) is 5. The molecule has 2 N–H and O–H groups in total. The Morgan fingerprint density at radius 1 is 1.19 bits per heavy atom.